The molecular formula is C16H20N2O4S2. The molecule has 0 aliphatic carbocycles. The third-order valence-corrected chi connectivity index (χ3v) is 6.16. The van der Waals surface area contributed by atoms with Gasteiger partial charge in [-0.05, 0) is 35.6 Å². The average molecular weight is 368 g/mol. The second kappa shape index (κ2) is 8.81. The number of hydrogen-bond acceptors (Lipinski definition) is 5. The van der Waals surface area contributed by atoms with Gasteiger partial charge in [0.2, 0.25) is 15.9 Å². The van der Waals surface area contributed by atoms with E-state index >= 15 is 0 Å². The van der Waals surface area contributed by atoms with Gasteiger partial charge < -0.3 is 10.1 Å². The molecule has 2 N–H and O–H groups in total. The largest absolute Gasteiger partial charge is 0.497 e. The Morgan fingerprint density at radius 3 is 2.54 bits per heavy atom. The fraction of sp³-hybridized carbons (Fsp3) is 0.312. The number of carbonyl (C=O) groups is 1. The van der Waals surface area contributed by atoms with Gasteiger partial charge in [0.05, 0.1) is 7.11 Å². The molecule has 8 heteroatoms. The minimum atomic E-state index is -3.51. The van der Waals surface area contributed by atoms with Crippen LogP contribution in [0.3, 0.4) is 0 Å². The minimum absolute atomic E-state index is 0.0780. The fourth-order valence-electron chi connectivity index (χ4n) is 2.01. The Balaban J connectivity index is 1.66. The monoisotopic (exact) mass is 368 g/mol. The molecule has 2 aromatic rings. The zero-order chi connectivity index (χ0) is 17.4. The van der Waals surface area contributed by atoms with Crippen LogP contribution in [0.15, 0.2) is 46.0 Å². The summed E-state index contributed by atoms with van der Waals surface area (Å²) in [6, 6.07) is 10.8. The van der Waals surface area contributed by atoms with Gasteiger partial charge in [-0.1, -0.05) is 18.2 Å². The number of sulfonamides is 1. The lowest BCUT2D eigenvalue weighted by Gasteiger charge is -2.07. The van der Waals surface area contributed by atoms with Gasteiger partial charge in [0.25, 0.3) is 0 Å². The van der Waals surface area contributed by atoms with E-state index < -0.39 is 10.0 Å². The minimum Gasteiger partial charge on any atom is -0.497 e. The van der Waals surface area contributed by atoms with Crippen LogP contribution in [0.1, 0.15) is 12.0 Å². The summed E-state index contributed by atoms with van der Waals surface area (Å²) in [4.78, 5) is 11.7. The van der Waals surface area contributed by atoms with Crippen LogP contribution in [0.25, 0.3) is 0 Å². The van der Waals surface area contributed by atoms with Crippen LogP contribution in [0.2, 0.25) is 0 Å². The van der Waals surface area contributed by atoms with Gasteiger partial charge in [0.15, 0.2) is 0 Å². The Morgan fingerprint density at radius 1 is 1.17 bits per heavy atom. The Kier molecular flexibility index (Phi) is 6.77. The predicted octanol–water partition coefficient (Wildman–Crippen LogP) is 1.78. The average Bonchev–Trinajstić information content (AvgIpc) is 3.11. The normalized spacial score (nSPS) is 11.2. The molecule has 0 saturated carbocycles. The SMILES string of the molecule is COc1ccc(CCNC(=O)CCNS(=O)(=O)c2cccs2)cc1. The Labute approximate surface area is 145 Å². The van der Waals surface area contributed by atoms with Crippen LogP contribution >= 0.6 is 11.3 Å². The third-order valence-electron chi connectivity index (χ3n) is 3.30. The Hall–Kier alpha value is -1.90. The van der Waals surface area contributed by atoms with E-state index in [1.165, 1.54) is 6.07 Å². The van der Waals surface area contributed by atoms with E-state index in [4.69, 9.17) is 4.74 Å². The van der Waals surface area contributed by atoms with Crippen molar-refractivity contribution in [3.05, 3.63) is 47.3 Å². The lowest BCUT2D eigenvalue weighted by atomic mass is 10.1. The number of methoxy groups -OCH3 is 1. The second-order valence-electron chi connectivity index (χ2n) is 5.03. The summed E-state index contributed by atoms with van der Waals surface area (Å²) in [5, 5.41) is 4.47. The highest BCUT2D eigenvalue weighted by Crippen LogP contribution is 2.15. The summed E-state index contributed by atoms with van der Waals surface area (Å²) >= 11 is 1.14. The highest BCUT2D eigenvalue weighted by molar-refractivity contribution is 7.91. The maximum atomic E-state index is 11.9. The van der Waals surface area contributed by atoms with Crippen molar-refractivity contribution in [2.24, 2.45) is 0 Å². The van der Waals surface area contributed by atoms with Crippen LogP contribution in [-0.4, -0.2) is 34.5 Å². The molecule has 0 atom stereocenters. The van der Waals surface area contributed by atoms with Crippen molar-refractivity contribution >= 4 is 27.3 Å². The summed E-state index contributed by atoms with van der Waals surface area (Å²) in [7, 11) is -1.89. The maximum absolute atomic E-state index is 11.9. The first kappa shape index (κ1) is 18.4. The first-order valence-corrected chi connectivity index (χ1v) is 9.80. The van der Waals surface area contributed by atoms with Gasteiger partial charge in [-0.3, -0.25) is 4.79 Å². The van der Waals surface area contributed by atoms with E-state index in [1.807, 2.05) is 24.3 Å². The molecule has 0 aliphatic rings. The summed E-state index contributed by atoms with van der Waals surface area (Å²) in [5.41, 5.74) is 1.09. The summed E-state index contributed by atoms with van der Waals surface area (Å²) in [5.74, 6) is 0.609. The first-order chi connectivity index (χ1) is 11.5. The van der Waals surface area contributed by atoms with E-state index in [9.17, 15) is 13.2 Å². The van der Waals surface area contributed by atoms with Crippen molar-refractivity contribution in [3.63, 3.8) is 0 Å². The molecule has 1 aromatic carbocycles. The number of carbonyl (C=O) groups excluding carboxylic acids is 1. The lowest BCUT2D eigenvalue weighted by molar-refractivity contribution is -0.120. The van der Waals surface area contributed by atoms with E-state index in [0.717, 1.165) is 22.6 Å². The smallest absolute Gasteiger partial charge is 0.250 e. The van der Waals surface area contributed by atoms with Crippen molar-refractivity contribution in [1.82, 2.24) is 10.0 Å². The highest BCUT2D eigenvalue weighted by atomic mass is 32.2. The number of thiophene rings is 1. The molecule has 0 spiro atoms. The van der Waals surface area contributed by atoms with E-state index in [2.05, 4.69) is 10.0 Å². The van der Waals surface area contributed by atoms with Crippen molar-refractivity contribution < 1.29 is 17.9 Å². The predicted molar refractivity (Wildman–Crippen MR) is 93.8 cm³/mol. The van der Waals surface area contributed by atoms with Crippen LogP contribution in [0.4, 0.5) is 0 Å². The lowest BCUT2D eigenvalue weighted by Crippen LogP contribution is -2.31. The molecule has 1 heterocycles. The number of ether oxygens (including phenoxy) is 1. The number of nitrogens with one attached hydrogen (secondary N) is 2. The molecule has 1 amide bonds. The topological polar surface area (TPSA) is 84.5 Å². The Bertz CT molecular complexity index is 741. The van der Waals surface area contributed by atoms with Crippen molar-refractivity contribution in [3.8, 4) is 5.75 Å². The first-order valence-electron chi connectivity index (χ1n) is 7.44. The highest BCUT2D eigenvalue weighted by Gasteiger charge is 2.14. The molecule has 2 rings (SSSR count). The second-order valence-corrected chi connectivity index (χ2v) is 7.97. The molecule has 0 unspecified atom stereocenters. The summed E-state index contributed by atoms with van der Waals surface area (Å²) < 4.78 is 31.5. The van der Waals surface area contributed by atoms with Gasteiger partial charge in [-0.15, -0.1) is 11.3 Å². The molecule has 24 heavy (non-hydrogen) atoms. The van der Waals surface area contributed by atoms with Gasteiger partial charge in [0.1, 0.15) is 9.96 Å². The fourth-order valence-corrected chi connectivity index (χ4v) is 4.08. The molecule has 130 valence electrons. The van der Waals surface area contributed by atoms with Crippen molar-refractivity contribution in [1.29, 1.82) is 0 Å². The van der Waals surface area contributed by atoms with Gasteiger partial charge in [-0.2, -0.15) is 0 Å². The number of amides is 1. The van der Waals surface area contributed by atoms with Gasteiger partial charge >= 0.3 is 0 Å². The summed E-state index contributed by atoms with van der Waals surface area (Å²) in [6.45, 7) is 0.581. The van der Waals surface area contributed by atoms with E-state index in [0.29, 0.717) is 13.0 Å². The number of benzene rings is 1. The van der Waals surface area contributed by atoms with Crippen molar-refractivity contribution in [2.75, 3.05) is 20.2 Å². The molecule has 0 fully saturated rings. The molecule has 1 aromatic heterocycles. The zero-order valence-corrected chi connectivity index (χ0v) is 15.0. The van der Waals surface area contributed by atoms with E-state index in [1.54, 1.807) is 18.6 Å². The molecule has 0 aliphatic heterocycles. The zero-order valence-electron chi connectivity index (χ0n) is 13.3. The molecular weight excluding hydrogens is 348 g/mol. The van der Waals surface area contributed by atoms with Crippen LogP contribution in [0, 0.1) is 0 Å². The molecule has 0 bridgehead atoms. The van der Waals surface area contributed by atoms with Crippen LogP contribution < -0.4 is 14.8 Å². The van der Waals surface area contributed by atoms with Crippen molar-refractivity contribution in [2.45, 2.75) is 17.1 Å². The van der Waals surface area contributed by atoms with Gasteiger partial charge in [0, 0.05) is 19.5 Å². The standard InChI is InChI=1S/C16H20N2O4S2/c1-22-14-6-4-13(5-7-14)8-10-17-15(19)9-11-18-24(20,21)16-3-2-12-23-16/h2-7,12,18H,8-11H2,1H3,(H,17,19). The molecule has 0 radical (unpaired) electrons. The number of rotatable bonds is 9. The molecule has 6 nitrogen and oxygen atoms in total. The maximum Gasteiger partial charge on any atom is 0.250 e. The van der Waals surface area contributed by atoms with E-state index in [-0.39, 0.29) is 23.1 Å². The Morgan fingerprint density at radius 2 is 1.92 bits per heavy atom. The van der Waals surface area contributed by atoms with Crippen LogP contribution in [0.5, 0.6) is 5.75 Å². The molecule has 0 saturated heterocycles. The van der Waals surface area contributed by atoms with Crippen LogP contribution in [-0.2, 0) is 21.2 Å². The van der Waals surface area contributed by atoms with Gasteiger partial charge in [-0.25, -0.2) is 13.1 Å². The summed E-state index contributed by atoms with van der Waals surface area (Å²) in [6.07, 6.45) is 0.809. The quantitative estimate of drug-likeness (QED) is 0.707. The number of hydrogen-bond donors (Lipinski definition) is 2. The third kappa shape index (κ3) is 5.63.